The van der Waals surface area contributed by atoms with Gasteiger partial charge >= 0.3 is 17.9 Å². The fraction of sp³-hybridized carbons (Fsp3) is 0.650. The van der Waals surface area contributed by atoms with Crippen LogP contribution >= 0.6 is 0 Å². The lowest BCUT2D eigenvalue weighted by molar-refractivity contribution is -0.157. The third-order valence-corrected chi connectivity index (χ3v) is 3.96. The molecule has 1 rings (SSSR count). The Bertz CT molecular complexity index is 615. The Balaban J connectivity index is 2.91. The van der Waals surface area contributed by atoms with Gasteiger partial charge in [0.1, 0.15) is 37.3 Å². The van der Waals surface area contributed by atoms with Crippen molar-refractivity contribution in [3.8, 4) is 0 Å². The molecule has 1 heterocycles. The highest BCUT2D eigenvalue weighted by Crippen LogP contribution is 2.11. The summed E-state index contributed by atoms with van der Waals surface area (Å²) >= 11 is 0. The molecule has 30 heavy (non-hydrogen) atoms. The zero-order valence-electron chi connectivity index (χ0n) is 17.6. The summed E-state index contributed by atoms with van der Waals surface area (Å²) in [7, 11) is 1.54. The number of ether oxygens (including phenoxy) is 6. The van der Waals surface area contributed by atoms with E-state index in [1.165, 1.54) is 26.2 Å². The van der Waals surface area contributed by atoms with Gasteiger partial charge in [-0.1, -0.05) is 0 Å². The normalized spacial score (nSPS) is 31.4. The fourth-order valence-corrected chi connectivity index (χ4v) is 2.31. The summed E-state index contributed by atoms with van der Waals surface area (Å²) in [5, 5.41) is 10.0. The summed E-state index contributed by atoms with van der Waals surface area (Å²) in [6.45, 7) is 5.15. The molecule has 0 aliphatic carbocycles. The summed E-state index contributed by atoms with van der Waals surface area (Å²) in [5.41, 5.74) is 0. The van der Waals surface area contributed by atoms with Gasteiger partial charge in [0, 0.05) is 19.3 Å². The molecule has 1 aliphatic heterocycles. The van der Waals surface area contributed by atoms with Crippen LogP contribution in [0.2, 0.25) is 0 Å². The molecule has 0 spiro atoms. The lowest BCUT2D eigenvalue weighted by atomic mass is 10.2. The highest BCUT2D eigenvalue weighted by molar-refractivity contribution is 5.83. The summed E-state index contributed by atoms with van der Waals surface area (Å²) in [5.74, 6) is -2.11. The maximum Gasteiger partial charge on any atom is 0.330 e. The Morgan fingerprint density at radius 1 is 0.967 bits per heavy atom. The van der Waals surface area contributed by atoms with Crippen LogP contribution < -0.4 is 0 Å². The van der Waals surface area contributed by atoms with Crippen molar-refractivity contribution in [2.24, 2.45) is 0 Å². The van der Waals surface area contributed by atoms with E-state index in [9.17, 15) is 19.5 Å². The summed E-state index contributed by atoms with van der Waals surface area (Å²) in [4.78, 5) is 35.9. The van der Waals surface area contributed by atoms with Crippen LogP contribution in [0.25, 0.3) is 0 Å². The third-order valence-electron chi connectivity index (χ3n) is 3.96. The van der Waals surface area contributed by atoms with Crippen molar-refractivity contribution in [2.45, 2.75) is 57.7 Å². The molecule has 0 saturated heterocycles. The van der Waals surface area contributed by atoms with Gasteiger partial charge in [0.2, 0.25) is 0 Å². The molecular weight excluding hydrogens is 400 g/mol. The average molecular weight is 430 g/mol. The highest BCUT2D eigenvalue weighted by atomic mass is 16.7. The molecule has 10 nitrogen and oxygen atoms in total. The van der Waals surface area contributed by atoms with E-state index in [1.807, 2.05) is 0 Å². The second-order valence-electron chi connectivity index (χ2n) is 6.65. The van der Waals surface area contributed by atoms with E-state index in [4.69, 9.17) is 28.4 Å². The Morgan fingerprint density at radius 2 is 1.63 bits per heavy atom. The number of methoxy groups -OCH3 is 1. The van der Waals surface area contributed by atoms with Gasteiger partial charge in [-0.05, 0) is 32.9 Å². The molecule has 0 aromatic carbocycles. The molecule has 0 fully saturated rings. The number of cyclic esters (lactones) is 3. The largest absolute Gasteiger partial charge is 0.459 e. The van der Waals surface area contributed by atoms with Crippen molar-refractivity contribution in [3.05, 3.63) is 24.3 Å². The number of rotatable bonds is 6. The monoisotopic (exact) mass is 430 g/mol. The Hall–Kier alpha value is -2.27. The molecule has 1 N–H and O–H groups in total. The maximum atomic E-state index is 12.0. The first-order valence-electron chi connectivity index (χ1n) is 9.56. The molecule has 0 aromatic heterocycles. The first-order valence-corrected chi connectivity index (χ1v) is 9.56. The third kappa shape index (κ3) is 10.5. The zero-order chi connectivity index (χ0) is 22.5. The van der Waals surface area contributed by atoms with Crippen molar-refractivity contribution in [3.63, 3.8) is 0 Å². The maximum absolute atomic E-state index is 12.0. The van der Waals surface area contributed by atoms with Crippen molar-refractivity contribution < 1.29 is 47.9 Å². The van der Waals surface area contributed by atoms with Gasteiger partial charge in [-0.2, -0.15) is 0 Å². The zero-order valence-corrected chi connectivity index (χ0v) is 17.6. The predicted molar refractivity (Wildman–Crippen MR) is 103 cm³/mol. The van der Waals surface area contributed by atoms with Crippen molar-refractivity contribution in [1.82, 2.24) is 0 Å². The van der Waals surface area contributed by atoms with Gasteiger partial charge in [0.15, 0.2) is 0 Å². The van der Waals surface area contributed by atoms with E-state index in [2.05, 4.69) is 0 Å². The van der Waals surface area contributed by atoms with Gasteiger partial charge in [0.05, 0.1) is 19.6 Å². The summed E-state index contributed by atoms with van der Waals surface area (Å²) < 4.78 is 31.1. The number of aliphatic hydroxyl groups is 1. The second kappa shape index (κ2) is 13.9. The van der Waals surface area contributed by atoms with Crippen molar-refractivity contribution >= 4 is 17.9 Å². The van der Waals surface area contributed by atoms with E-state index < -0.39 is 48.4 Å². The molecule has 0 radical (unpaired) electrons. The number of carbonyl (C=O) groups is 3. The number of hydrogen-bond donors (Lipinski definition) is 1. The average Bonchev–Trinajstić information content (AvgIpc) is 2.66. The Kier molecular flexibility index (Phi) is 11.9. The molecule has 10 heteroatoms. The first-order chi connectivity index (χ1) is 14.2. The quantitative estimate of drug-likeness (QED) is 0.278. The van der Waals surface area contributed by atoms with Crippen LogP contribution in [0.15, 0.2) is 24.3 Å². The predicted octanol–water partition coefficient (Wildman–Crippen LogP) is 0.664. The minimum Gasteiger partial charge on any atom is -0.459 e. The SMILES string of the molecule is COCCOCO[C@@H]1/C=C/C(=O)O[C@@H](C)CC(=O)O[C@@H](C)[C@H](O)/C=C/C(=O)O[C@H]1C. The molecule has 0 amide bonds. The van der Waals surface area contributed by atoms with Gasteiger partial charge in [-0.3, -0.25) is 4.79 Å². The molecule has 0 unspecified atom stereocenters. The lowest BCUT2D eigenvalue weighted by Crippen LogP contribution is -2.32. The van der Waals surface area contributed by atoms with E-state index in [0.717, 1.165) is 12.2 Å². The van der Waals surface area contributed by atoms with Crippen LogP contribution in [-0.4, -0.2) is 80.7 Å². The summed E-state index contributed by atoms with van der Waals surface area (Å²) in [6.07, 6.45) is 0.0490. The van der Waals surface area contributed by atoms with Gasteiger partial charge in [0.25, 0.3) is 0 Å². The van der Waals surface area contributed by atoms with Gasteiger partial charge in [-0.15, -0.1) is 0 Å². The first kappa shape index (κ1) is 25.8. The summed E-state index contributed by atoms with van der Waals surface area (Å²) in [6, 6.07) is 0. The highest BCUT2D eigenvalue weighted by Gasteiger charge is 2.23. The van der Waals surface area contributed by atoms with E-state index in [0.29, 0.717) is 13.2 Å². The topological polar surface area (TPSA) is 127 Å². The fourth-order valence-electron chi connectivity index (χ4n) is 2.31. The molecule has 1 aliphatic rings. The van der Waals surface area contributed by atoms with Crippen LogP contribution in [0.5, 0.6) is 0 Å². The van der Waals surface area contributed by atoms with Crippen LogP contribution in [0.3, 0.4) is 0 Å². The molecular formula is C20H30O10. The second-order valence-corrected chi connectivity index (χ2v) is 6.65. The molecule has 5 atom stereocenters. The molecule has 0 bridgehead atoms. The number of aliphatic hydroxyl groups excluding tert-OH is 1. The Morgan fingerprint density at radius 3 is 2.33 bits per heavy atom. The molecule has 0 aromatic rings. The van der Waals surface area contributed by atoms with Crippen LogP contribution in [0.4, 0.5) is 0 Å². The standard InChI is InChI=1S/C20H30O10/c1-13-11-20(24)29-14(2)16(21)5-7-19(23)30-15(3)17(6-8-18(22)28-13)27-12-26-10-9-25-4/h5-8,13-17,21H,9-12H2,1-4H3/b7-5+,8-6+/t13-,14-,15-,16+,17+/m0/s1. The van der Waals surface area contributed by atoms with E-state index in [-0.39, 0.29) is 13.2 Å². The van der Waals surface area contributed by atoms with Crippen LogP contribution in [0.1, 0.15) is 27.2 Å². The van der Waals surface area contributed by atoms with Gasteiger partial charge < -0.3 is 33.5 Å². The smallest absolute Gasteiger partial charge is 0.330 e. The minimum atomic E-state index is -1.22. The molecule has 0 saturated carbocycles. The van der Waals surface area contributed by atoms with E-state index >= 15 is 0 Å². The molecule has 170 valence electrons. The van der Waals surface area contributed by atoms with Crippen molar-refractivity contribution in [2.75, 3.05) is 27.1 Å². The minimum absolute atomic E-state index is 0.121. The van der Waals surface area contributed by atoms with Gasteiger partial charge in [-0.25, -0.2) is 9.59 Å². The Labute approximate surface area is 175 Å². The number of hydrogen-bond acceptors (Lipinski definition) is 10. The van der Waals surface area contributed by atoms with Crippen LogP contribution in [0, 0.1) is 0 Å². The number of carbonyl (C=O) groups excluding carboxylic acids is 3. The van der Waals surface area contributed by atoms with E-state index in [1.54, 1.807) is 13.8 Å². The number of esters is 3. The lowest BCUT2D eigenvalue weighted by Gasteiger charge is -2.22. The van der Waals surface area contributed by atoms with Crippen molar-refractivity contribution in [1.29, 1.82) is 0 Å². The van der Waals surface area contributed by atoms with Crippen LogP contribution in [-0.2, 0) is 42.8 Å².